The lowest BCUT2D eigenvalue weighted by atomic mass is 9.83. The highest BCUT2D eigenvalue weighted by atomic mass is 16.5. The van der Waals surface area contributed by atoms with Crippen LogP contribution in [0.2, 0.25) is 0 Å². The summed E-state index contributed by atoms with van der Waals surface area (Å²) in [5, 5.41) is 7.84. The number of piperidine rings is 2. The monoisotopic (exact) mass is 448 g/mol. The minimum Gasteiger partial charge on any atom is -0.377 e. The van der Waals surface area contributed by atoms with Crippen LogP contribution in [0, 0.1) is 5.92 Å². The maximum Gasteiger partial charge on any atom is 0.0725 e. The van der Waals surface area contributed by atoms with Crippen LogP contribution in [0.25, 0.3) is 0 Å². The molecule has 6 saturated heterocycles. The molecule has 0 aromatic heterocycles. The molecule has 0 aromatic rings. The summed E-state index contributed by atoms with van der Waals surface area (Å²) in [4.78, 5) is 0. The van der Waals surface area contributed by atoms with Crippen LogP contribution in [0.1, 0.15) is 142 Å². The van der Waals surface area contributed by atoms with E-state index in [2.05, 4.69) is 24.5 Å². The Bertz CT molecular complexity index is 428. The Morgan fingerprint density at radius 1 is 0.469 bits per heavy atom. The van der Waals surface area contributed by atoms with Crippen LogP contribution in [0.15, 0.2) is 0 Å². The summed E-state index contributed by atoms with van der Waals surface area (Å²) in [5.74, 6) is 0.928. The molecule has 3 nitrogen and oxygen atoms in total. The van der Waals surface area contributed by atoms with Crippen molar-refractivity contribution < 1.29 is 4.74 Å². The van der Waals surface area contributed by atoms with Gasteiger partial charge in [0.25, 0.3) is 0 Å². The number of hydrogen-bond donors (Lipinski definition) is 2. The van der Waals surface area contributed by atoms with Crippen molar-refractivity contribution in [3.8, 4) is 0 Å². The van der Waals surface area contributed by atoms with Crippen LogP contribution >= 0.6 is 0 Å². The second kappa shape index (κ2) is 15.7. The summed E-state index contributed by atoms with van der Waals surface area (Å²) in [7, 11) is 0. The zero-order valence-electron chi connectivity index (χ0n) is 21.7. The largest absolute Gasteiger partial charge is 0.377 e. The Balaban J connectivity index is 1.36. The number of nitrogens with one attached hydrogen (secondary N) is 2. The molecule has 6 aliphatic heterocycles. The molecule has 6 aliphatic rings. The molecule has 0 aromatic carbocycles. The lowest BCUT2D eigenvalue weighted by molar-refractivity contribution is 0.00123. The lowest BCUT2D eigenvalue weighted by Crippen LogP contribution is -2.49. The van der Waals surface area contributed by atoms with Gasteiger partial charge >= 0.3 is 0 Å². The maximum absolute atomic E-state index is 6.27. The zero-order valence-corrected chi connectivity index (χ0v) is 21.7. The van der Waals surface area contributed by atoms with Crippen molar-refractivity contribution in [3.05, 3.63) is 0 Å². The van der Waals surface area contributed by atoms with E-state index >= 15 is 0 Å². The van der Waals surface area contributed by atoms with Gasteiger partial charge in [-0.05, 0) is 71.1 Å². The standard InChI is InChI=1S/C29H56N2O/c1-24-26-16-12-8-4-3-5-9-14-18-28-21-22-29(25(2)31-28)32-23-15-11-7-6-10-13-17-27(30-24)20-19-26/h24-31H,3-23H2,1-2H3. The molecular formula is C29H56N2O. The van der Waals surface area contributed by atoms with Crippen molar-refractivity contribution in [1.29, 1.82) is 0 Å². The summed E-state index contributed by atoms with van der Waals surface area (Å²) in [5.41, 5.74) is 0. The average Bonchev–Trinajstić information content (AvgIpc) is 2.78. The quantitative estimate of drug-likeness (QED) is 0.402. The highest BCUT2D eigenvalue weighted by molar-refractivity contribution is 4.85. The molecule has 4 bridgehead atoms. The first kappa shape index (κ1) is 26.5. The van der Waals surface area contributed by atoms with Gasteiger partial charge in [0.1, 0.15) is 0 Å². The van der Waals surface area contributed by atoms with Gasteiger partial charge < -0.3 is 15.4 Å². The van der Waals surface area contributed by atoms with E-state index in [0.717, 1.165) is 30.7 Å². The number of rotatable bonds is 0. The normalized spacial score (nSPS) is 38.4. The van der Waals surface area contributed by atoms with Gasteiger partial charge in [0.05, 0.1) is 6.10 Å². The van der Waals surface area contributed by atoms with Crippen molar-refractivity contribution in [1.82, 2.24) is 10.6 Å². The molecule has 6 unspecified atom stereocenters. The molecule has 6 rings (SSSR count). The predicted octanol–water partition coefficient (Wildman–Crippen LogP) is 7.52. The van der Waals surface area contributed by atoms with E-state index < -0.39 is 0 Å². The van der Waals surface area contributed by atoms with E-state index in [1.165, 1.54) is 128 Å². The Morgan fingerprint density at radius 3 is 1.56 bits per heavy atom. The van der Waals surface area contributed by atoms with Crippen LogP contribution in [0.5, 0.6) is 0 Å². The molecule has 32 heavy (non-hydrogen) atoms. The van der Waals surface area contributed by atoms with Crippen LogP contribution in [0.3, 0.4) is 0 Å². The van der Waals surface area contributed by atoms with E-state index in [9.17, 15) is 0 Å². The highest BCUT2D eigenvalue weighted by Gasteiger charge is 2.27. The van der Waals surface area contributed by atoms with Crippen LogP contribution in [-0.2, 0) is 4.74 Å². The van der Waals surface area contributed by atoms with E-state index in [1.54, 1.807) is 0 Å². The Hall–Kier alpha value is -0.120. The molecule has 2 N–H and O–H groups in total. The molecule has 0 radical (unpaired) electrons. The molecule has 6 fully saturated rings. The maximum atomic E-state index is 6.27. The molecule has 0 spiro atoms. The molecule has 6 atom stereocenters. The first-order valence-electron chi connectivity index (χ1n) is 14.9. The van der Waals surface area contributed by atoms with Crippen LogP contribution in [-0.4, -0.2) is 36.9 Å². The van der Waals surface area contributed by atoms with Gasteiger partial charge in [-0.2, -0.15) is 0 Å². The second-order valence-corrected chi connectivity index (χ2v) is 11.6. The van der Waals surface area contributed by atoms with Crippen molar-refractivity contribution in [3.63, 3.8) is 0 Å². The van der Waals surface area contributed by atoms with Gasteiger partial charge in [0.15, 0.2) is 0 Å². The first-order chi connectivity index (χ1) is 15.7. The summed E-state index contributed by atoms with van der Waals surface area (Å²) in [6.45, 7) is 5.76. The third kappa shape index (κ3) is 10.0. The third-order valence-electron chi connectivity index (χ3n) is 8.85. The highest BCUT2D eigenvalue weighted by Crippen LogP contribution is 2.28. The van der Waals surface area contributed by atoms with E-state index in [-0.39, 0.29) is 0 Å². The van der Waals surface area contributed by atoms with Crippen molar-refractivity contribution in [2.24, 2.45) is 5.92 Å². The molecule has 0 saturated carbocycles. The van der Waals surface area contributed by atoms with E-state index in [1.807, 2.05) is 0 Å². The second-order valence-electron chi connectivity index (χ2n) is 11.6. The predicted molar refractivity (Wildman–Crippen MR) is 138 cm³/mol. The molecule has 6 heterocycles. The topological polar surface area (TPSA) is 33.3 Å². The fraction of sp³-hybridized carbons (Fsp3) is 1.00. The van der Waals surface area contributed by atoms with E-state index in [0.29, 0.717) is 12.1 Å². The van der Waals surface area contributed by atoms with Crippen molar-refractivity contribution >= 4 is 0 Å². The first-order valence-corrected chi connectivity index (χ1v) is 14.9. The van der Waals surface area contributed by atoms with E-state index in [4.69, 9.17) is 4.74 Å². The zero-order chi connectivity index (χ0) is 22.4. The molecule has 0 amide bonds. The van der Waals surface area contributed by atoms with Crippen LogP contribution < -0.4 is 10.6 Å². The summed E-state index contributed by atoms with van der Waals surface area (Å²) in [6.07, 6.45) is 28.4. The molecule has 3 heteroatoms. The van der Waals surface area contributed by atoms with Crippen molar-refractivity contribution in [2.45, 2.75) is 173 Å². The lowest BCUT2D eigenvalue weighted by Gasteiger charge is -2.36. The molecule has 0 aliphatic carbocycles. The van der Waals surface area contributed by atoms with Crippen LogP contribution in [0.4, 0.5) is 0 Å². The summed E-state index contributed by atoms with van der Waals surface area (Å²) < 4.78 is 6.27. The molecule has 188 valence electrons. The minimum atomic E-state index is 0.440. The Kier molecular flexibility index (Phi) is 13.0. The smallest absolute Gasteiger partial charge is 0.0725 e. The van der Waals surface area contributed by atoms with Gasteiger partial charge in [-0.15, -0.1) is 0 Å². The number of ether oxygens (including phenoxy) is 1. The number of hydrogen-bond acceptors (Lipinski definition) is 3. The molecular weight excluding hydrogens is 392 g/mol. The van der Waals surface area contributed by atoms with Gasteiger partial charge in [0, 0.05) is 30.8 Å². The van der Waals surface area contributed by atoms with Gasteiger partial charge in [0.2, 0.25) is 0 Å². The van der Waals surface area contributed by atoms with Gasteiger partial charge in [-0.25, -0.2) is 0 Å². The van der Waals surface area contributed by atoms with Crippen molar-refractivity contribution in [2.75, 3.05) is 6.61 Å². The van der Waals surface area contributed by atoms with Gasteiger partial charge in [-0.3, -0.25) is 0 Å². The third-order valence-corrected chi connectivity index (χ3v) is 8.85. The fourth-order valence-corrected chi connectivity index (χ4v) is 6.63. The Morgan fingerprint density at radius 2 is 0.969 bits per heavy atom. The average molecular weight is 449 g/mol. The summed E-state index contributed by atoms with van der Waals surface area (Å²) >= 11 is 0. The SMILES string of the molecule is CC1NC2CCCCCCCCOC3CCC(CCCCCCCCCC1CC2)NC3C. The summed E-state index contributed by atoms with van der Waals surface area (Å²) in [6, 6.07) is 2.78. The Labute approximate surface area is 200 Å². The minimum absolute atomic E-state index is 0.440. The fourth-order valence-electron chi connectivity index (χ4n) is 6.63. The van der Waals surface area contributed by atoms with Gasteiger partial charge in [-0.1, -0.05) is 77.0 Å².